The Morgan fingerprint density at radius 2 is 2.07 bits per heavy atom. The van der Waals surface area contributed by atoms with Crippen molar-refractivity contribution in [3.8, 4) is 28.7 Å². The lowest BCUT2D eigenvalue weighted by Gasteiger charge is -2.11. The van der Waals surface area contributed by atoms with Crippen molar-refractivity contribution >= 4 is 22.8 Å². The molecule has 27 heavy (non-hydrogen) atoms. The van der Waals surface area contributed by atoms with E-state index in [9.17, 15) is 0 Å². The number of fused-ring (bicyclic) bond motifs is 1. The van der Waals surface area contributed by atoms with Crippen molar-refractivity contribution in [2.75, 3.05) is 12.4 Å². The molecule has 0 fully saturated rings. The lowest BCUT2D eigenvalue weighted by atomic mass is 10.2. The Labute approximate surface area is 162 Å². The van der Waals surface area contributed by atoms with Crippen LogP contribution in [0.3, 0.4) is 0 Å². The summed E-state index contributed by atoms with van der Waals surface area (Å²) in [7, 11) is 1.68. The Morgan fingerprint density at radius 3 is 2.89 bits per heavy atom. The molecule has 0 aliphatic carbocycles. The van der Waals surface area contributed by atoms with Gasteiger partial charge in [-0.1, -0.05) is 24.1 Å². The van der Waals surface area contributed by atoms with Crippen LogP contribution in [0.4, 0.5) is 5.82 Å². The molecule has 0 aliphatic heterocycles. The summed E-state index contributed by atoms with van der Waals surface area (Å²) in [6.45, 7) is 2.73. The molecule has 0 bridgehead atoms. The van der Waals surface area contributed by atoms with Crippen molar-refractivity contribution in [3.05, 3.63) is 70.7 Å². The molecule has 1 N–H and O–H groups in total. The Balaban J connectivity index is 1.80. The maximum atomic E-state index is 5.69. The van der Waals surface area contributed by atoms with Crippen LogP contribution in [-0.2, 0) is 6.54 Å². The molecule has 0 amide bonds. The van der Waals surface area contributed by atoms with Gasteiger partial charge in [-0.15, -0.1) is 17.8 Å². The van der Waals surface area contributed by atoms with Gasteiger partial charge in [0.1, 0.15) is 22.9 Å². The van der Waals surface area contributed by atoms with Crippen molar-refractivity contribution in [1.82, 2.24) is 9.38 Å². The lowest BCUT2D eigenvalue weighted by Crippen LogP contribution is -2.05. The van der Waals surface area contributed by atoms with Gasteiger partial charge in [-0.3, -0.25) is 4.40 Å². The van der Waals surface area contributed by atoms with Crippen LogP contribution in [0.5, 0.6) is 5.75 Å². The average molecular weight is 373 g/mol. The number of rotatable bonds is 5. The monoisotopic (exact) mass is 373 g/mol. The second-order valence-corrected chi connectivity index (χ2v) is 7.10. The van der Waals surface area contributed by atoms with Crippen LogP contribution in [-0.4, -0.2) is 16.5 Å². The Hall–Kier alpha value is -3.23. The number of terminal acetylenes is 1. The van der Waals surface area contributed by atoms with Crippen molar-refractivity contribution in [2.24, 2.45) is 0 Å². The SMILES string of the molecule is C#Cc1ccsc1-c1nc2cccc(C)n2c1NCc1cccc(OC)c1. The van der Waals surface area contributed by atoms with Crippen molar-refractivity contribution in [2.45, 2.75) is 13.5 Å². The summed E-state index contributed by atoms with van der Waals surface area (Å²) in [5.74, 6) is 4.56. The quantitative estimate of drug-likeness (QED) is 0.502. The van der Waals surface area contributed by atoms with Crippen molar-refractivity contribution < 1.29 is 4.74 Å². The van der Waals surface area contributed by atoms with E-state index in [2.05, 4.69) is 34.7 Å². The van der Waals surface area contributed by atoms with Gasteiger partial charge in [0.15, 0.2) is 0 Å². The van der Waals surface area contributed by atoms with Gasteiger partial charge >= 0.3 is 0 Å². The first-order chi connectivity index (χ1) is 13.2. The molecule has 0 spiro atoms. The van der Waals surface area contributed by atoms with Crippen LogP contribution < -0.4 is 10.1 Å². The summed E-state index contributed by atoms with van der Waals surface area (Å²) in [5.41, 5.74) is 4.89. The number of nitrogens with one attached hydrogen (secondary N) is 1. The van der Waals surface area contributed by atoms with Gasteiger partial charge in [0.05, 0.1) is 12.0 Å². The zero-order chi connectivity index (χ0) is 18.8. The van der Waals surface area contributed by atoms with Crippen LogP contribution in [0.1, 0.15) is 16.8 Å². The Kier molecular flexibility index (Phi) is 4.57. The highest BCUT2D eigenvalue weighted by molar-refractivity contribution is 7.13. The summed E-state index contributed by atoms with van der Waals surface area (Å²) >= 11 is 1.61. The molecule has 1 aromatic carbocycles. The highest BCUT2D eigenvalue weighted by Gasteiger charge is 2.18. The lowest BCUT2D eigenvalue weighted by molar-refractivity contribution is 0.414. The molecule has 4 nitrogen and oxygen atoms in total. The number of hydrogen-bond acceptors (Lipinski definition) is 4. The van der Waals surface area contributed by atoms with E-state index >= 15 is 0 Å². The first kappa shape index (κ1) is 17.2. The molecule has 134 valence electrons. The molecule has 5 heteroatoms. The van der Waals surface area contributed by atoms with Crippen LogP contribution in [0.2, 0.25) is 0 Å². The van der Waals surface area contributed by atoms with Gasteiger partial charge in [-0.2, -0.15) is 0 Å². The van der Waals surface area contributed by atoms with Gasteiger partial charge in [0.25, 0.3) is 0 Å². The van der Waals surface area contributed by atoms with E-state index in [1.54, 1.807) is 18.4 Å². The third-order valence-corrected chi connectivity index (χ3v) is 5.39. The van der Waals surface area contributed by atoms with E-state index in [1.165, 1.54) is 0 Å². The summed E-state index contributed by atoms with van der Waals surface area (Å²) in [6, 6.07) is 16.1. The second kappa shape index (κ2) is 7.18. The molecule has 0 saturated carbocycles. The maximum absolute atomic E-state index is 5.69. The molecule has 4 rings (SSSR count). The van der Waals surface area contributed by atoms with E-state index in [1.807, 2.05) is 41.8 Å². The molecule has 0 aliphatic rings. The number of benzene rings is 1. The molecule has 0 unspecified atom stereocenters. The first-order valence-electron chi connectivity index (χ1n) is 8.60. The number of pyridine rings is 1. The first-order valence-corrected chi connectivity index (χ1v) is 9.48. The minimum Gasteiger partial charge on any atom is -0.497 e. The number of ether oxygens (including phenoxy) is 1. The molecule has 0 atom stereocenters. The number of nitrogens with zero attached hydrogens (tertiary/aromatic N) is 2. The number of hydrogen-bond donors (Lipinski definition) is 1. The van der Waals surface area contributed by atoms with Crippen LogP contribution in [0.25, 0.3) is 16.2 Å². The van der Waals surface area contributed by atoms with E-state index in [-0.39, 0.29) is 0 Å². The normalized spacial score (nSPS) is 10.7. The van der Waals surface area contributed by atoms with Gasteiger partial charge in [0.2, 0.25) is 0 Å². The fourth-order valence-corrected chi connectivity index (χ4v) is 4.00. The topological polar surface area (TPSA) is 38.6 Å². The van der Waals surface area contributed by atoms with Gasteiger partial charge in [-0.05, 0) is 48.2 Å². The number of imidazole rings is 1. The number of thiophene rings is 1. The van der Waals surface area contributed by atoms with Gasteiger partial charge in [0, 0.05) is 17.8 Å². The molecule has 0 radical (unpaired) electrons. The Bertz CT molecular complexity index is 1150. The van der Waals surface area contributed by atoms with E-state index < -0.39 is 0 Å². The molecular formula is C22H19N3OS. The standard InChI is InChI=1S/C22H19N3OS/c1-4-17-11-12-27-21(17)20-22(25-15(2)7-5-10-19(25)24-20)23-14-16-8-6-9-18(13-16)26-3/h1,5-13,23H,14H2,2-3H3. The third-order valence-electron chi connectivity index (χ3n) is 4.47. The van der Waals surface area contributed by atoms with E-state index in [4.69, 9.17) is 16.1 Å². The number of methoxy groups -OCH3 is 1. The van der Waals surface area contributed by atoms with Crippen molar-refractivity contribution in [3.63, 3.8) is 0 Å². The fourth-order valence-electron chi connectivity index (χ4n) is 3.15. The molecule has 3 aromatic heterocycles. The van der Waals surface area contributed by atoms with Crippen LogP contribution in [0.15, 0.2) is 53.9 Å². The summed E-state index contributed by atoms with van der Waals surface area (Å²) in [5, 5.41) is 5.57. The molecule has 4 aromatic rings. The molecule has 0 saturated heterocycles. The van der Waals surface area contributed by atoms with Gasteiger partial charge < -0.3 is 10.1 Å². The minimum atomic E-state index is 0.656. The predicted molar refractivity (Wildman–Crippen MR) is 111 cm³/mol. The summed E-state index contributed by atoms with van der Waals surface area (Å²) in [6.07, 6.45) is 5.69. The average Bonchev–Trinajstić information content (AvgIpc) is 3.31. The zero-order valence-corrected chi connectivity index (χ0v) is 16.0. The van der Waals surface area contributed by atoms with Crippen LogP contribution in [0, 0.1) is 19.3 Å². The van der Waals surface area contributed by atoms with E-state index in [0.29, 0.717) is 6.54 Å². The highest BCUT2D eigenvalue weighted by Crippen LogP contribution is 2.35. The smallest absolute Gasteiger partial charge is 0.140 e. The largest absolute Gasteiger partial charge is 0.497 e. The number of aryl methyl sites for hydroxylation is 1. The highest BCUT2D eigenvalue weighted by atomic mass is 32.1. The predicted octanol–water partition coefficient (Wildman–Crippen LogP) is 4.97. The third kappa shape index (κ3) is 3.16. The number of aromatic nitrogens is 2. The van der Waals surface area contributed by atoms with Gasteiger partial charge in [-0.25, -0.2) is 4.98 Å². The fraction of sp³-hybridized carbons (Fsp3) is 0.136. The summed E-state index contributed by atoms with van der Waals surface area (Å²) < 4.78 is 7.46. The summed E-state index contributed by atoms with van der Waals surface area (Å²) in [4.78, 5) is 5.87. The molecule has 3 heterocycles. The Morgan fingerprint density at radius 1 is 1.22 bits per heavy atom. The van der Waals surface area contributed by atoms with Crippen molar-refractivity contribution in [1.29, 1.82) is 0 Å². The second-order valence-electron chi connectivity index (χ2n) is 6.18. The number of anilines is 1. The van der Waals surface area contributed by atoms with E-state index in [0.717, 1.165) is 44.6 Å². The van der Waals surface area contributed by atoms with Crippen LogP contribution >= 0.6 is 11.3 Å². The maximum Gasteiger partial charge on any atom is 0.140 e. The molecular weight excluding hydrogens is 354 g/mol. The minimum absolute atomic E-state index is 0.656. The zero-order valence-electron chi connectivity index (χ0n) is 15.2.